The summed E-state index contributed by atoms with van der Waals surface area (Å²) in [5, 5.41) is 5.20. The summed E-state index contributed by atoms with van der Waals surface area (Å²) in [4.78, 5) is 10.9. The van der Waals surface area contributed by atoms with Crippen LogP contribution < -0.4 is 10.2 Å². The second-order valence-corrected chi connectivity index (χ2v) is 6.00. The number of hydrogen-bond donors (Lipinski definition) is 1. The Balaban J connectivity index is 1.76. The lowest BCUT2D eigenvalue weighted by atomic mass is 10.1. The first-order valence-corrected chi connectivity index (χ1v) is 7.88. The van der Waals surface area contributed by atoms with Crippen LogP contribution in [0.1, 0.15) is 11.1 Å². The molecule has 0 spiro atoms. The van der Waals surface area contributed by atoms with E-state index in [1.165, 1.54) is 5.56 Å². The van der Waals surface area contributed by atoms with E-state index in [2.05, 4.69) is 21.4 Å². The molecule has 0 unspecified atom stereocenters. The highest BCUT2D eigenvalue weighted by Crippen LogP contribution is 2.24. The van der Waals surface area contributed by atoms with E-state index in [9.17, 15) is 0 Å². The average Bonchev–Trinajstić information content (AvgIpc) is 2.57. The lowest BCUT2D eigenvalue weighted by Crippen LogP contribution is -2.18. The van der Waals surface area contributed by atoms with E-state index in [0.29, 0.717) is 0 Å². The van der Waals surface area contributed by atoms with Gasteiger partial charge in [-0.1, -0.05) is 23.7 Å². The molecule has 3 rings (SSSR count). The number of rotatable bonds is 5. The molecule has 5 heteroatoms. The maximum Gasteiger partial charge on any atom is 0.132 e. The molecule has 0 saturated heterocycles. The second-order valence-electron chi connectivity index (χ2n) is 5.59. The summed E-state index contributed by atoms with van der Waals surface area (Å²) < 4.78 is 0. The van der Waals surface area contributed by atoms with Crippen LogP contribution in [0.3, 0.4) is 0 Å². The van der Waals surface area contributed by atoms with Crippen LogP contribution in [-0.2, 0) is 13.1 Å². The van der Waals surface area contributed by atoms with Crippen molar-refractivity contribution in [2.24, 2.45) is 0 Å². The molecule has 1 N–H and O–H groups in total. The standard InChI is InChI=1S/C18H19ClN4/c1-23(2)18-14(5-3-10-22-18)12-20-11-13-7-8-16(19)15-6-4-9-21-17(13)15/h3-10,20H,11-12H2,1-2H3. The highest BCUT2D eigenvalue weighted by molar-refractivity contribution is 6.35. The third kappa shape index (κ3) is 3.44. The quantitative estimate of drug-likeness (QED) is 0.777. The molecule has 0 aliphatic rings. The Hall–Kier alpha value is -2.17. The van der Waals surface area contributed by atoms with Crippen LogP contribution in [0, 0.1) is 0 Å². The molecule has 3 aromatic rings. The molecule has 0 radical (unpaired) electrons. The van der Waals surface area contributed by atoms with Gasteiger partial charge in [-0.25, -0.2) is 4.98 Å². The number of pyridine rings is 2. The first kappa shape index (κ1) is 15.7. The average molecular weight is 327 g/mol. The Kier molecular flexibility index (Phi) is 4.74. The minimum Gasteiger partial charge on any atom is -0.362 e. The molecule has 0 bridgehead atoms. The van der Waals surface area contributed by atoms with Gasteiger partial charge in [0.05, 0.1) is 5.52 Å². The van der Waals surface area contributed by atoms with Gasteiger partial charge in [-0.05, 0) is 29.8 Å². The molecule has 118 valence electrons. The highest BCUT2D eigenvalue weighted by atomic mass is 35.5. The van der Waals surface area contributed by atoms with Crippen molar-refractivity contribution in [2.75, 3.05) is 19.0 Å². The summed E-state index contributed by atoms with van der Waals surface area (Å²) in [6.45, 7) is 1.48. The molecule has 0 fully saturated rings. The molecule has 4 nitrogen and oxygen atoms in total. The first-order valence-electron chi connectivity index (χ1n) is 7.51. The van der Waals surface area contributed by atoms with Gasteiger partial charge >= 0.3 is 0 Å². The molecular weight excluding hydrogens is 308 g/mol. The fourth-order valence-electron chi connectivity index (χ4n) is 2.64. The first-order chi connectivity index (χ1) is 11.2. The normalized spacial score (nSPS) is 10.9. The van der Waals surface area contributed by atoms with Gasteiger partial charge in [0.25, 0.3) is 0 Å². The van der Waals surface area contributed by atoms with Gasteiger partial charge in [0, 0.05) is 55.6 Å². The largest absolute Gasteiger partial charge is 0.362 e. The molecule has 23 heavy (non-hydrogen) atoms. The molecule has 2 heterocycles. The van der Waals surface area contributed by atoms with Crippen LogP contribution in [0.5, 0.6) is 0 Å². The molecule has 0 amide bonds. The van der Waals surface area contributed by atoms with Gasteiger partial charge in [-0.3, -0.25) is 4.98 Å². The lowest BCUT2D eigenvalue weighted by molar-refractivity contribution is 0.692. The van der Waals surface area contributed by atoms with Crippen molar-refractivity contribution >= 4 is 28.3 Å². The van der Waals surface area contributed by atoms with Crippen molar-refractivity contribution in [2.45, 2.75) is 13.1 Å². The van der Waals surface area contributed by atoms with Gasteiger partial charge in [0.15, 0.2) is 0 Å². The predicted molar refractivity (Wildman–Crippen MR) is 95.9 cm³/mol. The number of benzene rings is 1. The second kappa shape index (κ2) is 6.94. The van der Waals surface area contributed by atoms with E-state index in [-0.39, 0.29) is 0 Å². The summed E-state index contributed by atoms with van der Waals surface area (Å²) in [7, 11) is 4.00. The fourth-order valence-corrected chi connectivity index (χ4v) is 2.86. The Bertz CT molecular complexity index is 817. The Morgan fingerprint density at radius 2 is 1.70 bits per heavy atom. The Morgan fingerprint density at radius 3 is 2.52 bits per heavy atom. The van der Waals surface area contributed by atoms with E-state index in [0.717, 1.165) is 40.4 Å². The van der Waals surface area contributed by atoms with Crippen molar-refractivity contribution in [3.63, 3.8) is 0 Å². The maximum absolute atomic E-state index is 6.24. The van der Waals surface area contributed by atoms with Crippen molar-refractivity contribution in [1.29, 1.82) is 0 Å². The molecule has 0 aliphatic heterocycles. The minimum absolute atomic E-state index is 0.729. The molecule has 2 aromatic heterocycles. The van der Waals surface area contributed by atoms with E-state index in [1.807, 2.05) is 55.5 Å². The van der Waals surface area contributed by atoms with Crippen LogP contribution in [0.2, 0.25) is 5.02 Å². The van der Waals surface area contributed by atoms with E-state index < -0.39 is 0 Å². The zero-order valence-electron chi connectivity index (χ0n) is 13.3. The van der Waals surface area contributed by atoms with Crippen molar-refractivity contribution < 1.29 is 0 Å². The van der Waals surface area contributed by atoms with E-state index in [1.54, 1.807) is 6.20 Å². The monoisotopic (exact) mass is 326 g/mol. The number of nitrogens with one attached hydrogen (secondary N) is 1. The summed E-state index contributed by atoms with van der Waals surface area (Å²) >= 11 is 6.24. The summed E-state index contributed by atoms with van der Waals surface area (Å²) in [5.74, 6) is 0.985. The summed E-state index contributed by atoms with van der Waals surface area (Å²) in [6.07, 6.45) is 3.61. The SMILES string of the molecule is CN(C)c1ncccc1CNCc1ccc(Cl)c2cccnc12. The Labute approximate surface area is 141 Å². The van der Waals surface area contributed by atoms with Crippen LogP contribution in [-0.4, -0.2) is 24.1 Å². The highest BCUT2D eigenvalue weighted by Gasteiger charge is 2.07. The van der Waals surface area contributed by atoms with Gasteiger partial charge < -0.3 is 10.2 Å². The van der Waals surface area contributed by atoms with E-state index in [4.69, 9.17) is 11.6 Å². The Morgan fingerprint density at radius 1 is 0.957 bits per heavy atom. The van der Waals surface area contributed by atoms with Crippen LogP contribution in [0.15, 0.2) is 48.8 Å². The third-order valence-corrected chi connectivity index (χ3v) is 4.05. The van der Waals surface area contributed by atoms with Gasteiger partial charge in [0.1, 0.15) is 5.82 Å². The summed E-state index contributed by atoms with van der Waals surface area (Å²) in [5.41, 5.74) is 3.26. The van der Waals surface area contributed by atoms with Gasteiger partial charge in [-0.15, -0.1) is 0 Å². The van der Waals surface area contributed by atoms with Crippen molar-refractivity contribution in [3.8, 4) is 0 Å². The third-order valence-electron chi connectivity index (χ3n) is 3.72. The molecule has 1 aromatic carbocycles. The van der Waals surface area contributed by atoms with Crippen molar-refractivity contribution in [1.82, 2.24) is 15.3 Å². The van der Waals surface area contributed by atoms with Gasteiger partial charge in [-0.2, -0.15) is 0 Å². The van der Waals surface area contributed by atoms with Gasteiger partial charge in [0.2, 0.25) is 0 Å². The van der Waals surface area contributed by atoms with Crippen LogP contribution in [0.4, 0.5) is 5.82 Å². The fraction of sp³-hybridized carbons (Fsp3) is 0.222. The molecule has 0 aliphatic carbocycles. The predicted octanol–water partition coefficient (Wildman–Crippen LogP) is 3.64. The number of nitrogens with zero attached hydrogens (tertiary/aromatic N) is 3. The minimum atomic E-state index is 0.729. The molecule has 0 saturated carbocycles. The number of fused-ring (bicyclic) bond motifs is 1. The zero-order chi connectivity index (χ0) is 16.2. The number of aromatic nitrogens is 2. The molecular formula is C18H19ClN4. The topological polar surface area (TPSA) is 41.1 Å². The van der Waals surface area contributed by atoms with E-state index >= 15 is 0 Å². The summed E-state index contributed by atoms with van der Waals surface area (Å²) in [6, 6.07) is 11.9. The number of halogens is 1. The van der Waals surface area contributed by atoms with Crippen LogP contribution >= 0.6 is 11.6 Å². The number of anilines is 1. The van der Waals surface area contributed by atoms with Crippen LogP contribution in [0.25, 0.3) is 10.9 Å². The lowest BCUT2D eigenvalue weighted by Gasteiger charge is -2.16. The zero-order valence-corrected chi connectivity index (χ0v) is 14.0. The smallest absolute Gasteiger partial charge is 0.132 e. The van der Waals surface area contributed by atoms with Crippen molar-refractivity contribution in [3.05, 3.63) is 64.9 Å². The number of hydrogen-bond acceptors (Lipinski definition) is 4. The maximum atomic E-state index is 6.24. The molecule has 0 atom stereocenters.